The molecule has 0 bridgehead atoms. The van der Waals surface area contributed by atoms with Gasteiger partial charge in [0.2, 0.25) is 0 Å². The fraction of sp³-hybridized carbons (Fsp3) is 0.211. The van der Waals surface area contributed by atoms with Crippen molar-refractivity contribution in [1.29, 1.82) is 0 Å². The van der Waals surface area contributed by atoms with Crippen LogP contribution < -0.4 is 9.47 Å². The number of hydrogen-bond donors (Lipinski definition) is 0. The van der Waals surface area contributed by atoms with E-state index in [1.807, 2.05) is 60.7 Å². The molecule has 0 amide bonds. The fourth-order valence-electron chi connectivity index (χ4n) is 6.07. The Morgan fingerprint density at radius 3 is 1.18 bits per heavy atom. The monoisotopic (exact) mass is 586 g/mol. The SMILES string of the molecule is Cc1cccc2c(OC(=O)OC(C)C)c3ccccc3c(-c3c4ccccc4c(OC(=O)OC(C)C)c4cccc(C)c34)c12. The number of aryl methyl sites for hydroxylation is 2. The third-order valence-electron chi connectivity index (χ3n) is 7.70. The fourth-order valence-corrected chi connectivity index (χ4v) is 6.07. The van der Waals surface area contributed by atoms with Gasteiger partial charge in [-0.2, -0.15) is 0 Å². The van der Waals surface area contributed by atoms with Crippen LogP contribution in [0.5, 0.6) is 11.5 Å². The van der Waals surface area contributed by atoms with Crippen LogP contribution in [0.4, 0.5) is 9.59 Å². The van der Waals surface area contributed by atoms with Crippen molar-refractivity contribution in [3.8, 4) is 22.6 Å². The van der Waals surface area contributed by atoms with E-state index in [2.05, 4.69) is 38.1 Å². The molecule has 0 aromatic heterocycles. The van der Waals surface area contributed by atoms with E-state index in [4.69, 9.17) is 18.9 Å². The van der Waals surface area contributed by atoms with Crippen LogP contribution in [0.1, 0.15) is 38.8 Å². The minimum Gasteiger partial charge on any atom is -0.431 e. The highest BCUT2D eigenvalue weighted by molar-refractivity contribution is 6.27. The van der Waals surface area contributed by atoms with Crippen molar-refractivity contribution in [3.05, 3.63) is 96.1 Å². The smallest absolute Gasteiger partial charge is 0.431 e. The molecule has 0 aliphatic rings. The predicted octanol–water partition coefficient (Wildman–Crippen LogP) is 10.4. The molecule has 0 aliphatic carbocycles. The molecule has 6 heteroatoms. The van der Waals surface area contributed by atoms with E-state index in [-0.39, 0.29) is 12.2 Å². The van der Waals surface area contributed by atoms with Crippen molar-refractivity contribution < 1.29 is 28.5 Å². The zero-order valence-corrected chi connectivity index (χ0v) is 25.7. The summed E-state index contributed by atoms with van der Waals surface area (Å²) < 4.78 is 22.7. The largest absolute Gasteiger partial charge is 0.514 e. The van der Waals surface area contributed by atoms with E-state index in [9.17, 15) is 9.59 Å². The summed E-state index contributed by atoms with van der Waals surface area (Å²) in [5.41, 5.74) is 4.06. The van der Waals surface area contributed by atoms with Crippen LogP contribution in [0.2, 0.25) is 0 Å². The van der Waals surface area contributed by atoms with E-state index in [1.165, 1.54) is 0 Å². The molecule has 44 heavy (non-hydrogen) atoms. The molecule has 0 fully saturated rings. The second kappa shape index (κ2) is 11.5. The molecule has 0 unspecified atom stereocenters. The zero-order chi connectivity index (χ0) is 31.1. The Morgan fingerprint density at radius 2 is 0.818 bits per heavy atom. The Bertz CT molecular complexity index is 1940. The van der Waals surface area contributed by atoms with Crippen LogP contribution in [0.3, 0.4) is 0 Å². The highest BCUT2D eigenvalue weighted by atomic mass is 16.7. The second-order valence-electron chi connectivity index (χ2n) is 11.5. The van der Waals surface area contributed by atoms with Crippen molar-refractivity contribution in [3.63, 3.8) is 0 Å². The van der Waals surface area contributed by atoms with Crippen LogP contribution in [-0.4, -0.2) is 24.5 Å². The molecule has 0 atom stereocenters. The van der Waals surface area contributed by atoms with Crippen molar-refractivity contribution >= 4 is 55.4 Å². The van der Waals surface area contributed by atoms with Gasteiger partial charge in [0.25, 0.3) is 0 Å². The van der Waals surface area contributed by atoms with Crippen LogP contribution in [-0.2, 0) is 9.47 Å². The molecular weight excluding hydrogens is 552 g/mol. The molecule has 0 aliphatic heterocycles. The molecule has 0 heterocycles. The quantitative estimate of drug-likeness (QED) is 0.114. The summed E-state index contributed by atoms with van der Waals surface area (Å²) in [5, 5.41) is 6.92. The third-order valence-corrected chi connectivity index (χ3v) is 7.70. The first-order valence-corrected chi connectivity index (χ1v) is 14.8. The van der Waals surface area contributed by atoms with E-state index in [0.29, 0.717) is 11.5 Å². The van der Waals surface area contributed by atoms with Gasteiger partial charge in [-0.05, 0) is 85.3 Å². The summed E-state index contributed by atoms with van der Waals surface area (Å²) >= 11 is 0. The topological polar surface area (TPSA) is 71.1 Å². The van der Waals surface area contributed by atoms with Gasteiger partial charge in [-0.3, -0.25) is 0 Å². The summed E-state index contributed by atoms with van der Waals surface area (Å²) in [5.74, 6) is 0.908. The summed E-state index contributed by atoms with van der Waals surface area (Å²) in [6.07, 6.45) is -2.13. The second-order valence-corrected chi connectivity index (χ2v) is 11.5. The molecule has 6 nitrogen and oxygen atoms in total. The lowest BCUT2D eigenvalue weighted by molar-refractivity contribution is 0.0725. The number of hydrogen-bond acceptors (Lipinski definition) is 6. The van der Waals surface area contributed by atoms with Crippen molar-refractivity contribution in [2.75, 3.05) is 0 Å². The standard InChI is InChI=1S/C38H34O6/c1-21(2)41-37(39)43-35-27-17-9-7-15-25(27)33(31-23(5)13-11-19-29(31)35)34-26-16-8-10-18-28(26)36(44-38(40)42-22(3)4)30-20-12-14-24(6)32(30)34/h7-22H,1-6H3. The van der Waals surface area contributed by atoms with Gasteiger partial charge >= 0.3 is 12.3 Å². The summed E-state index contributed by atoms with van der Waals surface area (Å²) in [4.78, 5) is 25.7. The Kier molecular flexibility index (Phi) is 7.60. The molecule has 0 saturated heterocycles. The molecule has 6 aromatic carbocycles. The zero-order valence-electron chi connectivity index (χ0n) is 25.7. The maximum atomic E-state index is 12.8. The lowest BCUT2D eigenvalue weighted by Gasteiger charge is -2.23. The third kappa shape index (κ3) is 5.06. The number of carbonyl (C=O) groups is 2. The molecule has 222 valence electrons. The van der Waals surface area contributed by atoms with E-state index < -0.39 is 12.3 Å². The van der Waals surface area contributed by atoms with Crippen LogP contribution in [0.15, 0.2) is 84.9 Å². The summed E-state index contributed by atoms with van der Waals surface area (Å²) in [6, 6.07) is 27.9. The van der Waals surface area contributed by atoms with Crippen molar-refractivity contribution in [1.82, 2.24) is 0 Å². The van der Waals surface area contributed by atoms with Gasteiger partial charge in [-0.25, -0.2) is 9.59 Å². The van der Waals surface area contributed by atoms with E-state index >= 15 is 0 Å². The molecule has 0 saturated carbocycles. The van der Waals surface area contributed by atoms with Crippen LogP contribution in [0.25, 0.3) is 54.2 Å². The lowest BCUT2D eigenvalue weighted by Crippen LogP contribution is -2.16. The minimum absolute atomic E-state index is 0.319. The number of ether oxygens (including phenoxy) is 4. The predicted molar refractivity (Wildman–Crippen MR) is 176 cm³/mol. The van der Waals surface area contributed by atoms with Gasteiger partial charge in [0.05, 0.1) is 12.2 Å². The summed E-state index contributed by atoms with van der Waals surface area (Å²) in [6.45, 7) is 11.3. The van der Waals surface area contributed by atoms with E-state index in [0.717, 1.165) is 65.3 Å². The Morgan fingerprint density at radius 1 is 0.477 bits per heavy atom. The van der Waals surface area contributed by atoms with E-state index in [1.54, 1.807) is 27.7 Å². The van der Waals surface area contributed by atoms with Gasteiger partial charge < -0.3 is 18.9 Å². The molecule has 0 radical (unpaired) electrons. The number of carbonyl (C=O) groups excluding carboxylic acids is 2. The van der Waals surface area contributed by atoms with Crippen LogP contribution in [0, 0.1) is 13.8 Å². The summed E-state index contributed by atoms with van der Waals surface area (Å²) in [7, 11) is 0. The van der Waals surface area contributed by atoms with Gasteiger partial charge in [0.15, 0.2) is 0 Å². The number of fused-ring (bicyclic) bond motifs is 4. The molecule has 0 spiro atoms. The Labute approximate surface area is 256 Å². The first-order valence-electron chi connectivity index (χ1n) is 14.8. The van der Waals surface area contributed by atoms with Gasteiger partial charge in [0.1, 0.15) is 11.5 Å². The lowest BCUT2D eigenvalue weighted by atomic mass is 9.83. The maximum Gasteiger partial charge on any atom is 0.514 e. The normalized spacial score (nSPS) is 11.5. The first kappa shape index (κ1) is 29.0. The Hall–Kier alpha value is -5.10. The molecular formula is C38H34O6. The average Bonchev–Trinajstić information content (AvgIpc) is 2.97. The van der Waals surface area contributed by atoms with Gasteiger partial charge in [-0.1, -0.05) is 84.9 Å². The van der Waals surface area contributed by atoms with Crippen LogP contribution >= 0.6 is 0 Å². The first-order chi connectivity index (χ1) is 21.2. The van der Waals surface area contributed by atoms with Crippen molar-refractivity contribution in [2.24, 2.45) is 0 Å². The number of rotatable bonds is 5. The minimum atomic E-state index is -0.748. The molecule has 0 N–H and O–H groups in total. The van der Waals surface area contributed by atoms with Gasteiger partial charge in [0, 0.05) is 21.5 Å². The van der Waals surface area contributed by atoms with Crippen molar-refractivity contribution in [2.45, 2.75) is 53.8 Å². The van der Waals surface area contributed by atoms with Gasteiger partial charge in [-0.15, -0.1) is 0 Å². The maximum absolute atomic E-state index is 12.8. The Balaban J connectivity index is 1.78. The number of benzene rings is 6. The average molecular weight is 587 g/mol. The highest BCUT2D eigenvalue weighted by Gasteiger charge is 2.26. The highest BCUT2D eigenvalue weighted by Crippen LogP contribution is 2.51. The molecule has 6 rings (SSSR count). The molecule has 6 aromatic rings.